The van der Waals surface area contributed by atoms with Gasteiger partial charge < -0.3 is 9.47 Å². The van der Waals surface area contributed by atoms with Gasteiger partial charge in [0.2, 0.25) is 0 Å². The predicted molar refractivity (Wildman–Crippen MR) is 90.0 cm³/mol. The van der Waals surface area contributed by atoms with Crippen molar-refractivity contribution in [2.45, 2.75) is 19.8 Å². The van der Waals surface area contributed by atoms with Crippen LogP contribution >= 0.6 is 0 Å². The van der Waals surface area contributed by atoms with Gasteiger partial charge in [-0.05, 0) is 30.2 Å². The van der Waals surface area contributed by atoms with Crippen molar-refractivity contribution in [1.82, 2.24) is 9.78 Å². The maximum Gasteiger partial charge on any atom is 0.189 e. The minimum Gasteiger partial charge on any atom is -0.493 e. The second-order valence-electron chi connectivity index (χ2n) is 5.21. The number of allylic oxidation sites excluding steroid dienone is 1. The van der Waals surface area contributed by atoms with Gasteiger partial charge in [0.15, 0.2) is 17.3 Å². The first kappa shape index (κ1) is 16.8. The topological polar surface area (TPSA) is 53.3 Å². The third-order valence-corrected chi connectivity index (χ3v) is 3.36. The van der Waals surface area contributed by atoms with Gasteiger partial charge >= 0.3 is 0 Å². The Bertz CT molecular complexity index is 689. The normalized spacial score (nSPS) is 10.9. The van der Waals surface area contributed by atoms with E-state index in [9.17, 15) is 4.79 Å². The number of nitrogens with zero attached hydrogens (tertiary/aromatic N) is 2. The summed E-state index contributed by atoms with van der Waals surface area (Å²) in [7, 11) is 3.40. The first-order valence-corrected chi connectivity index (χ1v) is 7.66. The molecule has 0 bridgehead atoms. The summed E-state index contributed by atoms with van der Waals surface area (Å²) in [5.74, 6) is 1.30. The number of hydrogen-bond acceptors (Lipinski definition) is 4. The van der Waals surface area contributed by atoms with E-state index < -0.39 is 0 Å². The Morgan fingerprint density at radius 2 is 2.17 bits per heavy atom. The fourth-order valence-corrected chi connectivity index (χ4v) is 2.05. The van der Waals surface area contributed by atoms with Gasteiger partial charge in [-0.25, -0.2) is 0 Å². The van der Waals surface area contributed by atoms with Gasteiger partial charge in [0.25, 0.3) is 0 Å². The van der Waals surface area contributed by atoms with Crippen LogP contribution in [-0.2, 0) is 7.05 Å². The number of carbonyl (C=O) groups is 1. The number of aromatic nitrogens is 2. The number of rotatable bonds is 8. The summed E-state index contributed by atoms with van der Waals surface area (Å²) >= 11 is 0. The molecule has 0 spiro atoms. The molecule has 0 unspecified atom stereocenters. The molecule has 5 nitrogen and oxygen atoms in total. The van der Waals surface area contributed by atoms with Crippen LogP contribution in [0.1, 0.15) is 35.7 Å². The van der Waals surface area contributed by atoms with Crippen LogP contribution in [0.4, 0.5) is 0 Å². The van der Waals surface area contributed by atoms with Crippen LogP contribution in [0.15, 0.2) is 36.7 Å². The van der Waals surface area contributed by atoms with E-state index in [0.717, 1.165) is 18.4 Å². The Balaban J connectivity index is 2.11. The highest BCUT2D eigenvalue weighted by atomic mass is 16.5. The van der Waals surface area contributed by atoms with Crippen LogP contribution in [0.3, 0.4) is 0 Å². The number of methoxy groups -OCH3 is 1. The van der Waals surface area contributed by atoms with Crippen molar-refractivity contribution in [2.75, 3.05) is 13.7 Å². The van der Waals surface area contributed by atoms with Crippen molar-refractivity contribution in [3.05, 3.63) is 47.8 Å². The number of hydrogen-bond donors (Lipinski definition) is 0. The summed E-state index contributed by atoms with van der Waals surface area (Å²) in [4.78, 5) is 12.1. The number of ketones is 1. The van der Waals surface area contributed by atoms with Gasteiger partial charge in [-0.1, -0.05) is 25.5 Å². The fourth-order valence-electron chi connectivity index (χ4n) is 2.05. The van der Waals surface area contributed by atoms with Crippen molar-refractivity contribution >= 4 is 11.9 Å². The van der Waals surface area contributed by atoms with E-state index in [4.69, 9.17) is 9.47 Å². The highest BCUT2D eigenvalue weighted by molar-refractivity contribution is 6.06. The summed E-state index contributed by atoms with van der Waals surface area (Å²) < 4.78 is 12.7. The Hall–Kier alpha value is -2.56. The number of unbranched alkanes of at least 4 members (excludes halogenated alkanes) is 1. The van der Waals surface area contributed by atoms with Crippen LogP contribution in [0.5, 0.6) is 11.5 Å². The van der Waals surface area contributed by atoms with E-state index in [1.165, 1.54) is 6.08 Å². The van der Waals surface area contributed by atoms with E-state index in [1.54, 1.807) is 37.3 Å². The Labute approximate surface area is 136 Å². The zero-order valence-corrected chi connectivity index (χ0v) is 13.8. The van der Waals surface area contributed by atoms with E-state index in [1.807, 2.05) is 18.2 Å². The monoisotopic (exact) mass is 314 g/mol. The van der Waals surface area contributed by atoms with Gasteiger partial charge in [0.05, 0.1) is 25.5 Å². The second-order valence-corrected chi connectivity index (χ2v) is 5.21. The third kappa shape index (κ3) is 4.71. The molecule has 0 aliphatic heterocycles. The van der Waals surface area contributed by atoms with Crippen molar-refractivity contribution in [2.24, 2.45) is 7.05 Å². The molecule has 0 amide bonds. The minimum atomic E-state index is -0.0811. The summed E-state index contributed by atoms with van der Waals surface area (Å²) in [6.45, 7) is 2.76. The quantitative estimate of drug-likeness (QED) is 0.425. The largest absolute Gasteiger partial charge is 0.493 e. The molecule has 0 aliphatic rings. The molecule has 23 heavy (non-hydrogen) atoms. The molecule has 1 heterocycles. The van der Waals surface area contributed by atoms with E-state index in [-0.39, 0.29) is 5.78 Å². The third-order valence-electron chi connectivity index (χ3n) is 3.36. The predicted octanol–water partition coefficient (Wildman–Crippen LogP) is 3.50. The molecule has 1 aromatic heterocycles. The van der Waals surface area contributed by atoms with Crippen LogP contribution in [0, 0.1) is 0 Å². The van der Waals surface area contributed by atoms with E-state index >= 15 is 0 Å². The van der Waals surface area contributed by atoms with Crippen molar-refractivity contribution in [3.8, 4) is 11.5 Å². The lowest BCUT2D eigenvalue weighted by Gasteiger charge is -2.11. The van der Waals surface area contributed by atoms with Crippen LogP contribution in [-0.4, -0.2) is 29.3 Å². The van der Waals surface area contributed by atoms with Crippen LogP contribution in [0.25, 0.3) is 6.08 Å². The van der Waals surface area contributed by atoms with Gasteiger partial charge in [-0.3, -0.25) is 9.48 Å². The minimum absolute atomic E-state index is 0.0811. The number of benzene rings is 1. The van der Waals surface area contributed by atoms with Crippen molar-refractivity contribution in [3.63, 3.8) is 0 Å². The molecule has 0 fully saturated rings. The van der Waals surface area contributed by atoms with Gasteiger partial charge in [0.1, 0.15) is 0 Å². The molecule has 0 aliphatic carbocycles. The molecule has 1 aromatic carbocycles. The Morgan fingerprint density at radius 1 is 1.35 bits per heavy atom. The zero-order valence-electron chi connectivity index (χ0n) is 13.8. The molecule has 5 heteroatoms. The standard InChI is InChI=1S/C18H22N2O3/c1-4-5-10-23-18-11-14(7-9-17(18)22-3)6-8-16(21)15-12-19-20(2)13-15/h6-9,11-13H,4-5,10H2,1-3H3/b8-6+. The molecule has 0 N–H and O–H groups in total. The highest BCUT2D eigenvalue weighted by Gasteiger charge is 2.06. The van der Waals surface area contributed by atoms with Crippen molar-refractivity contribution < 1.29 is 14.3 Å². The number of ether oxygens (including phenoxy) is 2. The average molecular weight is 314 g/mol. The molecule has 0 atom stereocenters. The molecular formula is C18H22N2O3. The molecule has 2 rings (SSSR count). The molecule has 0 saturated heterocycles. The van der Waals surface area contributed by atoms with Gasteiger partial charge in [0, 0.05) is 13.2 Å². The molecule has 122 valence electrons. The SMILES string of the molecule is CCCCOc1cc(/C=C/C(=O)c2cnn(C)c2)ccc1OC. The fraction of sp³-hybridized carbons (Fsp3) is 0.333. The Kier molecular flexibility index (Phi) is 5.97. The summed E-state index contributed by atoms with van der Waals surface area (Å²) in [5.41, 5.74) is 1.45. The van der Waals surface area contributed by atoms with E-state index in [0.29, 0.717) is 23.7 Å². The van der Waals surface area contributed by atoms with Crippen LogP contribution < -0.4 is 9.47 Å². The molecule has 0 saturated carbocycles. The highest BCUT2D eigenvalue weighted by Crippen LogP contribution is 2.28. The molecular weight excluding hydrogens is 292 g/mol. The summed E-state index contributed by atoms with van der Waals surface area (Å²) in [6, 6.07) is 5.61. The molecule has 2 aromatic rings. The van der Waals surface area contributed by atoms with Gasteiger partial charge in [-0.2, -0.15) is 5.10 Å². The lowest BCUT2D eigenvalue weighted by atomic mass is 10.1. The smallest absolute Gasteiger partial charge is 0.189 e. The lowest BCUT2D eigenvalue weighted by molar-refractivity contribution is 0.104. The lowest BCUT2D eigenvalue weighted by Crippen LogP contribution is -1.99. The number of aryl methyl sites for hydroxylation is 1. The first-order valence-electron chi connectivity index (χ1n) is 7.66. The zero-order chi connectivity index (χ0) is 16.7. The second kappa shape index (κ2) is 8.17. The average Bonchev–Trinajstić information content (AvgIpc) is 2.99. The van der Waals surface area contributed by atoms with Crippen molar-refractivity contribution in [1.29, 1.82) is 0 Å². The first-order chi connectivity index (χ1) is 11.1. The molecule has 0 radical (unpaired) electrons. The summed E-state index contributed by atoms with van der Waals surface area (Å²) in [5, 5.41) is 4.00. The maximum atomic E-state index is 12.1. The number of carbonyl (C=O) groups excluding carboxylic acids is 1. The van der Waals surface area contributed by atoms with Gasteiger partial charge in [-0.15, -0.1) is 0 Å². The van der Waals surface area contributed by atoms with Crippen LogP contribution in [0.2, 0.25) is 0 Å². The summed E-state index contributed by atoms with van der Waals surface area (Å²) in [6.07, 6.45) is 8.61. The maximum absolute atomic E-state index is 12.1. The Morgan fingerprint density at radius 3 is 2.83 bits per heavy atom. The van der Waals surface area contributed by atoms with E-state index in [2.05, 4.69) is 12.0 Å².